The van der Waals surface area contributed by atoms with E-state index in [-0.39, 0.29) is 5.75 Å². The predicted molar refractivity (Wildman–Crippen MR) is 78.2 cm³/mol. The molecular weight excluding hydrogens is 264 g/mol. The van der Waals surface area contributed by atoms with Crippen LogP contribution in [0.25, 0.3) is 0 Å². The number of nitrogens with one attached hydrogen (secondary N) is 1. The van der Waals surface area contributed by atoms with Crippen LogP contribution in [0.1, 0.15) is 13.3 Å². The van der Waals surface area contributed by atoms with Gasteiger partial charge in [0, 0.05) is 12.2 Å². The van der Waals surface area contributed by atoms with Crippen LogP contribution in [-0.2, 0) is 10.0 Å². The first kappa shape index (κ1) is 15.8. The van der Waals surface area contributed by atoms with Crippen LogP contribution in [0.15, 0.2) is 24.3 Å². The first-order valence-corrected chi connectivity index (χ1v) is 7.96. The highest BCUT2D eigenvalue weighted by Crippen LogP contribution is 2.16. The summed E-state index contributed by atoms with van der Waals surface area (Å²) in [5, 5.41) is 0. The number of nitrogens with zero attached hydrogens (tertiary/aromatic N) is 1. The molecule has 0 saturated carbocycles. The lowest BCUT2D eigenvalue weighted by molar-refractivity contribution is 0.261. The Balaban J connectivity index is 2.52. The lowest BCUT2D eigenvalue weighted by Crippen LogP contribution is -2.19. The number of rotatable bonds is 8. The van der Waals surface area contributed by atoms with Gasteiger partial charge in [0.1, 0.15) is 12.4 Å². The smallest absolute Gasteiger partial charge is 0.232 e. The maximum absolute atomic E-state index is 11.6. The van der Waals surface area contributed by atoms with E-state index in [9.17, 15) is 8.42 Å². The van der Waals surface area contributed by atoms with E-state index in [1.54, 1.807) is 24.3 Å². The summed E-state index contributed by atoms with van der Waals surface area (Å²) in [5.41, 5.74) is 0.563. The molecule has 0 spiro atoms. The number of hydrogen-bond acceptors (Lipinski definition) is 4. The number of sulfonamides is 1. The minimum absolute atomic E-state index is 0.133. The van der Waals surface area contributed by atoms with Gasteiger partial charge in [0.25, 0.3) is 0 Å². The van der Waals surface area contributed by atoms with Gasteiger partial charge in [0.05, 0.1) is 5.75 Å². The molecule has 0 fully saturated rings. The molecule has 1 rings (SSSR count). The molecule has 0 aliphatic heterocycles. The summed E-state index contributed by atoms with van der Waals surface area (Å²) >= 11 is 0. The van der Waals surface area contributed by atoms with Gasteiger partial charge < -0.3 is 9.64 Å². The molecule has 0 bridgehead atoms. The molecule has 0 unspecified atom stereocenters. The minimum atomic E-state index is -3.22. The third kappa shape index (κ3) is 6.45. The zero-order valence-electron chi connectivity index (χ0n) is 11.7. The average Bonchev–Trinajstić information content (AvgIpc) is 2.30. The SMILES string of the molecule is CCCS(=O)(=O)Nc1ccc(OCCN(C)C)cc1. The van der Waals surface area contributed by atoms with Crippen molar-refractivity contribution in [1.29, 1.82) is 0 Å². The Morgan fingerprint density at radius 1 is 1.21 bits per heavy atom. The lowest BCUT2D eigenvalue weighted by atomic mass is 10.3. The molecule has 6 heteroatoms. The van der Waals surface area contributed by atoms with Gasteiger partial charge in [0.2, 0.25) is 10.0 Å². The van der Waals surface area contributed by atoms with Crippen LogP contribution < -0.4 is 9.46 Å². The molecule has 1 N–H and O–H groups in total. The fourth-order valence-corrected chi connectivity index (χ4v) is 2.60. The molecule has 0 atom stereocenters. The highest BCUT2D eigenvalue weighted by Gasteiger charge is 2.08. The van der Waals surface area contributed by atoms with Gasteiger partial charge in [-0.25, -0.2) is 8.42 Å². The monoisotopic (exact) mass is 286 g/mol. The standard InChI is InChI=1S/C13H22N2O3S/c1-4-11-19(16,17)14-12-5-7-13(8-6-12)18-10-9-15(2)3/h5-8,14H,4,9-11H2,1-3H3. The third-order valence-electron chi connectivity index (χ3n) is 2.41. The van der Waals surface area contributed by atoms with E-state index in [1.807, 2.05) is 25.9 Å². The molecule has 19 heavy (non-hydrogen) atoms. The molecule has 0 aromatic heterocycles. The Bertz CT molecular complexity index is 469. The van der Waals surface area contributed by atoms with E-state index in [2.05, 4.69) is 4.72 Å². The van der Waals surface area contributed by atoms with Gasteiger partial charge in [-0.15, -0.1) is 0 Å². The van der Waals surface area contributed by atoms with Crippen molar-refractivity contribution in [3.05, 3.63) is 24.3 Å². The summed E-state index contributed by atoms with van der Waals surface area (Å²) in [4.78, 5) is 2.03. The van der Waals surface area contributed by atoms with Crippen LogP contribution >= 0.6 is 0 Å². The van der Waals surface area contributed by atoms with E-state index in [0.29, 0.717) is 18.7 Å². The summed E-state index contributed by atoms with van der Waals surface area (Å²) < 4.78 is 31.2. The van der Waals surface area contributed by atoms with Gasteiger partial charge in [-0.05, 0) is 44.8 Å². The summed E-state index contributed by atoms with van der Waals surface area (Å²) in [6.07, 6.45) is 0.598. The Labute approximate surface area is 115 Å². The summed E-state index contributed by atoms with van der Waals surface area (Å²) in [6, 6.07) is 6.94. The summed E-state index contributed by atoms with van der Waals surface area (Å²) in [6.45, 7) is 3.28. The summed E-state index contributed by atoms with van der Waals surface area (Å²) in [5.74, 6) is 0.869. The maximum atomic E-state index is 11.6. The molecule has 0 heterocycles. The topological polar surface area (TPSA) is 58.6 Å². The minimum Gasteiger partial charge on any atom is -0.492 e. The first-order chi connectivity index (χ1) is 8.93. The molecule has 0 saturated heterocycles. The second-order valence-corrected chi connectivity index (χ2v) is 6.44. The van der Waals surface area contributed by atoms with Gasteiger partial charge in [-0.3, -0.25) is 4.72 Å². The fourth-order valence-electron chi connectivity index (χ4n) is 1.46. The van der Waals surface area contributed by atoms with Gasteiger partial charge in [-0.1, -0.05) is 6.92 Å². The second-order valence-electron chi connectivity index (χ2n) is 4.60. The van der Waals surface area contributed by atoms with Crippen molar-refractivity contribution in [2.45, 2.75) is 13.3 Å². The zero-order valence-corrected chi connectivity index (χ0v) is 12.5. The molecule has 108 valence electrons. The number of ether oxygens (including phenoxy) is 1. The van der Waals surface area contributed by atoms with Crippen LogP contribution in [0.2, 0.25) is 0 Å². The Morgan fingerprint density at radius 3 is 2.37 bits per heavy atom. The van der Waals surface area contributed by atoms with E-state index in [0.717, 1.165) is 12.3 Å². The van der Waals surface area contributed by atoms with Crippen molar-refractivity contribution in [2.24, 2.45) is 0 Å². The fraction of sp³-hybridized carbons (Fsp3) is 0.538. The Hall–Kier alpha value is -1.27. The Kier molecular flexibility index (Phi) is 6.11. The molecule has 0 aliphatic carbocycles. The molecule has 1 aromatic carbocycles. The van der Waals surface area contributed by atoms with Crippen molar-refractivity contribution < 1.29 is 13.2 Å². The molecule has 0 amide bonds. The summed E-state index contributed by atoms with van der Waals surface area (Å²) in [7, 11) is 0.739. The highest BCUT2D eigenvalue weighted by atomic mass is 32.2. The number of hydrogen-bond donors (Lipinski definition) is 1. The van der Waals surface area contributed by atoms with Crippen LogP contribution in [0, 0.1) is 0 Å². The molecule has 5 nitrogen and oxygen atoms in total. The number of likely N-dealkylation sites (N-methyl/N-ethyl adjacent to an activating group) is 1. The molecular formula is C13H22N2O3S. The maximum Gasteiger partial charge on any atom is 0.232 e. The van der Waals surface area contributed by atoms with Crippen molar-refractivity contribution in [1.82, 2.24) is 4.90 Å². The first-order valence-electron chi connectivity index (χ1n) is 6.31. The van der Waals surface area contributed by atoms with Gasteiger partial charge in [0.15, 0.2) is 0 Å². The molecule has 0 radical (unpaired) electrons. The second kappa shape index (κ2) is 7.35. The van der Waals surface area contributed by atoms with E-state index in [4.69, 9.17) is 4.74 Å². The van der Waals surface area contributed by atoms with E-state index in [1.165, 1.54) is 0 Å². The average molecular weight is 286 g/mol. The van der Waals surface area contributed by atoms with Crippen molar-refractivity contribution >= 4 is 15.7 Å². The third-order valence-corrected chi connectivity index (χ3v) is 3.90. The van der Waals surface area contributed by atoms with Crippen molar-refractivity contribution in [2.75, 3.05) is 37.7 Å². The number of benzene rings is 1. The normalized spacial score (nSPS) is 11.6. The van der Waals surface area contributed by atoms with Crippen LogP contribution in [0.5, 0.6) is 5.75 Å². The largest absolute Gasteiger partial charge is 0.492 e. The van der Waals surface area contributed by atoms with Crippen LogP contribution in [-0.4, -0.2) is 46.3 Å². The van der Waals surface area contributed by atoms with Crippen molar-refractivity contribution in [3.63, 3.8) is 0 Å². The highest BCUT2D eigenvalue weighted by molar-refractivity contribution is 7.92. The van der Waals surface area contributed by atoms with E-state index >= 15 is 0 Å². The molecule has 1 aromatic rings. The lowest BCUT2D eigenvalue weighted by Gasteiger charge is -2.11. The van der Waals surface area contributed by atoms with Crippen molar-refractivity contribution in [3.8, 4) is 5.75 Å². The molecule has 0 aliphatic rings. The van der Waals surface area contributed by atoms with Crippen LogP contribution in [0.4, 0.5) is 5.69 Å². The van der Waals surface area contributed by atoms with Gasteiger partial charge >= 0.3 is 0 Å². The van der Waals surface area contributed by atoms with Gasteiger partial charge in [-0.2, -0.15) is 0 Å². The van der Waals surface area contributed by atoms with E-state index < -0.39 is 10.0 Å². The zero-order chi connectivity index (χ0) is 14.3. The number of anilines is 1. The quantitative estimate of drug-likeness (QED) is 0.791. The Morgan fingerprint density at radius 2 is 1.84 bits per heavy atom. The van der Waals surface area contributed by atoms with Crippen LogP contribution in [0.3, 0.4) is 0 Å². The predicted octanol–water partition coefficient (Wildman–Crippen LogP) is 1.78.